The van der Waals surface area contributed by atoms with Crippen molar-refractivity contribution < 1.29 is 4.92 Å². The standard InChI is InChI=1S/C12H14ClN5O2/c1-2-5-14-11-4-3-9(13)10(16-11)6-17-7-12(15-8-17)18(19)20/h3-4,7-8H,2,5-6H2,1H3,(H,14,16). The van der Waals surface area contributed by atoms with Gasteiger partial charge < -0.3 is 20.0 Å². The molecule has 2 aromatic rings. The zero-order valence-corrected chi connectivity index (χ0v) is 11.7. The van der Waals surface area contributed by atoms with Crippen molar-refractivity contribution in [3.63, 3.8) is 0 Å². The van der Waals surface area contributed by atoms with E-state index in [4.69, 9.17) is 11.6 Å². The fourth-order valence-corrected chi connectivity index (χ4v) is 1.81. The quantitative estimate of drug-likeness (QED) is 0.654. The van der Waals surface area contributed by atoms with Crippen LogP contribution in [0.3, 0.4) is 0 Å². The zero-order valence-electron chi connectivity index (χ0n) is 10.9. The van der Waals surface area contributed by atoms with Crippen LogP contribution in [-0.2, 0) is 6.54 Å². The van der Waals surface area contributed by atoms with E-state index in [1.54, 1.807) is 16.7 Å². The highest BCUT2D eigenvalue weighted by molar-refractivity contribution is 6.31. The first-order valence-corrected chi connectivity index (χ1v) is 6.53. The largest absolute Gasteiger partial charge is 0.381 e. The summed E-state index contributed by atoms with van der Waals surface area (Å²) in [5, 5.41) is 14.3. The van der Waals surface area contributed by atoms with Gasteiger partial charge in [0.2, 0.25) is 6.33 Å². The van der Waals surface area contributed by atoms with Crippen molar-refractivity contribution in [3.05, 3.63) is 45.5 Å². The molecule has 0 saturated carbocycles. The molecule has 7 nitrogen and oxygen atoms in total. The first-order valence-electron chi connectivity index (χ1n) is 6.15. The Balaban J connectivity index is 2.16. The third-order valence-electron chi connectivity index (χ3n) is 2.61. The number of nitrogens with one attached hydrogen (secondary N) is 1. The number of rotatable bonds is 6. The molecule has 0 aliphatic heterocycles. The average Bonchev–Trinajstić information content (AvgIpc) is 2.88. The minimum Gasteiger partial charge on any atom is -0.370 e. The molecule has 0 fully saturated rings. The third-order valence-corrected chi connectivity index (χ3v) is 2.96. The molecule has 0 spiro atoms. The first kappa shape index (κ1) is 14.3. The summed E-state index contributed by atoms with van der Waals surface area (Å²) in [6.07, 6.45) is 3.74. The highest BCUT2D eigenvalue weighted by Gasteiger charge is 2.12. The number of pyridine rings is 1. The predicted molar refractivity (Wildman–Crippen MR) is 76.0 cm³/mol. The van der Waals surface area contributed by atoms with Crippen molar-refractivity contribution in [1.82, 2.24) is 14.5 Å². The molecular formula is C12H14ClN5O2. The van der Waals surface area contributed by atoms with Gasteiger partial charge in [0.25, 0.3) is 0 Å². The van der Waals surface area contributed by atoms with Gasteiger partial charge in [-0.3, -0.25) is 0 Å². The van der Waals surface area contributed by atoms with Crippen LogP contribution in [0.5, 0.6) is 0 Å². The number of nitrogens with zero attached hydrogens (tertiary/aromatic N) is 4. The van der Waals surface area contributed by atoms with Crippen LogP contribution in [0.25, 0.3) is 0 Å². The molecule has 2 aromatic heterocycles. The monoisotopic (exact) mass is 295 g/mol. The lowest BCUT2D eigenvalue weighted by Crippen LogP contribution is -2.06. The van der Waals surface area contributed by atoms with Gasteiger partial charge in [-0.05, 0) is 28.5 Å². The predicted octanol–water partition coefficient (Wildman–Crippen LogP) is 2.71. The van der Waals surface area contributed by atoms with Crippen LogP contribution in [0.1, 0.15) is 19.0 Å². The van der Waals surface area contributed by atoms with E-state index >= 15 is 0 Å². The lowest BCUT2D eigenvalue weighted by molar-refractivity contribution is -0.389. The molecule has 1 N–H and O–H groups in total. The number of nitro groups is 1. The second kappa shape index (κ2) is 6.33. The zero-order chi connectivity index (χ0) is 14.5. The first-order chi connectivity index (χ1) is 9.60. The molecule has 2 rings (SSSR count). The van der Waals surface area contributed by atoms with Crippen LogP contribution in [0.4, 0.5) is 11.6 Å². The SMILES string of the molecule is CCCNc1ccc(Cl)c(Cn2cnc([N+](=O)[O-])c2)n1. The molecule has 0 unspecified atom stereocenters. The van der Waals surface area contributed by atoms with Crippen LogP contribution in [0, 0.1) is 10.1 Å². The molecule has 0 radical (unpaired) electrons. The van der Waals surface area contributed by atoms with Crippen LogP contribution < -0.4 is 5.32 Å². The van der Waals surface area contributed by atoms with Gasteiger partial charge in [-0.1, -0.05) is 18.5 Å². The van der Waals surface area contributed by atoms with Gasteiger partial charge in [0.05, 0.1) is 17.3 Å². The number of anilines is 1. The fourth-order valence-electron chi connectivity index (χ4n) is 1.65. The van der Waals surface area contributed by atoms with E-state index in [-0.39, 0.29) is 5.82 Å². The Hall–Kier alpha value is -2.15. The summed E-state index contributed by atoms with van der Waals surface area (Å²) >= 11 is 6.09. The van der Waals surface area contributed by atoms with Gasteiger partial charge in [0.15, 0.2) is 0 Å². The Bertz CT molecular complexity index is 614. The fraction of sp³-hybridized carbons (Fsp3) is 0.333. The number of halogens is 1. The van der Waals surface area contributed by atoms with Crippen molar-refractivity contribution in [2.75, 3.05) is 11.9 Å². The molecule has 2 heterocycles. The van der Waals surface area contributed by atoms with Gasteiger partial charge in [-0.25, -0.2) is 4.98 Å². The molecule has 0 saturated heterocycles. The molecule has 20 heavy (non-hydrogen) atoms. The molecule has 8 heteroatoms. The minimum absolute atomic E-state index is 0.193. The summed E-state index contributed by atoms with van der Waals surface area (Å²) in [5.74, 6) is 0.544. The smallest absolute Gasteiger partial charge is 0.370 e. The highest BCUT2D eigenvalue weighted by atomic mass is 35.5. The van der Waals surface area contributed by atoms with Crippen LogP contribution in [-0.4, -0.2) is 26.0 Å². The second-order valence-electron chi connectivity index (χ2n) is 4.21. The number of imidazole rings is 1. The van der Waals surface area contributed by atoms with Crippen molar-refractivity contribution in [2.24, 2.45) is 0 Å². The van der Waals surface area contributed by atoms with Gasteiger partial charge in [0.1, 0.15) is 12.0 Å². The Morgan fingerprint density at radius 3 is 2.95 bits per heavy atom. The van der Waals surface area contributed by atoms with Crippen LogP contribution >= 0.6 is 11.6 Å². The number of hydrogen-bond donors (Lipinski definition) is 1. The minimum atomic E-state index is -0.537. The number of aromatic nitrogens is 3. The van der Waals surface area contributed by atoms with E-state index in [2.05, 4.69) is 22.2 Å². The van der Waals surface area contributed by atoms with Crippen molar-refractivity contribution >= 4 is 23.2 Å². The van der Waals surface area contributed by atoms with Gasteiger partial charge in [-0.2, -0.15) is 0 Å². The van der Waals surface area contributed by atoms with Gasteiger partial charge >= 0.3 is 5.82 Å². The molecule has 0 aromatic carbocycles. The molecule has 0 amide bonds. The Morgan fingerprint density at radius 2 is 2.30 bits per heavy atom. The van der Waals surface area contributed by atoms with E-state index in [0.717, 1.165) is 18.8 Å². The normalized spacial score (nSPS) is 10.5. The molecule has 0 aliphatic rings. The third kappa shape index (κ3) is 3.45. The Morgan fingerprint density at radius 1 is 1.50 bits per heavy atom. The van der Waals surface area contributed by atoms with E-state index in [1.807, 2.05) is 0 Å². The van der Waals surface area contributed by atoms with Crippen molar-refractivity contribution in [3.8, 4) is 0 Å². The van der Waals surface area contributed by atoms with E-state index in [0.29, 0.717) is 17.3 Å². The number of hydrogen-bond acceptors (Lipinski definition) is 5. The summed E-state index contributed by atoms with van der Waals surface area (Å²) < 4.78 is 1.58. The summed E-state index contributed by atoms with van der Waals surface area (Å²) in [7, 11) is 0. The average molecular weight is 296 g/mol. The lowest BCUT2D eigenvalue weighted by Gasteiger charge is -2.08. The maximum Gasteiger partial charge on any atom is 0.381 e. The van der Waals surface area contributed by atoms with Crippen LogP contribution in [0.15, 0.2) is 24.7 Å². The summed E-state index contributed by atoms with van der Waals surface area (Å²) in [6, 6.07) is 3.56. The maximum absolute atomic E-state index is 10.6. The molecular weight excluding hydrogens is 282 g/mol. The topological polar surface area (TPSA) is 85.9 Å². The van der Waals surface area contributed by atoms with E-state index in [9.17, 15) is 10.1 Å². The molecule has 0 aliphatic carbocycles. The Labute approximate surface area is 120 Å². The molecule has 106 valence electrons. The summed E-state index contributed by atoms with van der Waals surface area (Å²) in [5.41, 5.74) is 0.639. The maximum atomic E-state index is 10.6. The molecule has 0 bridgehead atoms. The highest BCUT2D eigenvalue weighted by Crippen LogP contribution is 2.18. The second-order valence-corrected chi connectivity index (χ2v) is 4.62. The van der Waals surface area contributed by atoms with Crippen molar-refractivity contribution in [1.29, 1.82) is 0 Å². The van der Waals surface area contributed by atoms with Crippen molar-refractivity contribution in [2.45, 2.75) is 19.9 Å². The molecule has 0 atom stereocenters. The Kier molecular flexibility index (Phi) is 4.52. The van der Waals surface area contributed by atoms with E-state index in [1.165, 1.54) is 12.5 Å². The summed E-state index contributed by atoms with van der Waals surface area (Å²) in [6.45, 7) is 3.22. The van der Waals surface area contributed by atoms with E-state index < -0.39 is 4.92 Å². The summed E-state index contributed by atoms with van der Waals surface area (Å²) in [4.78, 5) is 18.1. The van der Waals surface area contributed by atoms with Gasteiger partial charge in [0, 0.05) is 6.54 Å². The van der Waals surface area contributed by atoms with Crippen LogP contribution in [0.2, 0.25) is 5.02 Å². The van der Waals surface area contributed by atoms with Gasteiger partial charge in [-0.15, -0.1) is 0 Å². The lowest BCUT2D eigenvalue weighted by atomic mass is 10.3.